The molecule has 0 saturated heterocycles. The van der Waals surface area contributed by atoms with Crippen LogP contribution < -0.4 is 4.90 Å². The topological polar surface area (TPSA) is 84.1 Å². The van der Waals surface area contributed by atoms with Gasteiger partial charge < -0.3 is 10.0 Å². The van der Waals surface area contributed by atoms with Gasteiger partial charge in [0.15, 0.2) is 5.69 Å². The van der Waals surface area contributed by atoms with Crippen LogP contribution in [0.25, 0.3) is 5.69 Å². The first-order valence-corrected chi connectivity index (χ1v) is 8.55. The lowest BCUT2D eigenvalue weighted by atomic mass is 10.1. The zero-order valence-corrected chi connectivity index (χ0v) is 14.7. The van der Waals surface area contributed by atoms with Gasteiger partial charge in [0.25, 0.3) is 0 Å². The lowest BCUT2D eigenvalue weighted by molar-refractivity contribution is 0.0688. The summed E-state index contributed by atoms with van der Waals surface area (Å²) in [6.45, 7) is 1.13. The molecular formula is C17H14BrN5O2. The summed E-state index contributed by atoms with van der Waals surface area (Å²) < 4.78 is 2.65. The highest BCUT2D eigenvalue weighted by Gasteiger charge is 2.29. The van der Waals surface area contributed by atoms with Crippen LogP contribution in [-0.2, 0) is 13.0 Å². The maximum absolute atomic E-state index is 11.7. The van der Waals surface area contributed by atoms with Crippen molar-refractivity contribution in [1.29, 1.82) is 0 Å². The molecule has 0 fully saturated rings. The Morgan fingerprint density at radius 1 is 1.20 bits per heavy atom. The number of nitrogens with zero attached hydrogens (tertiary/aromatic N) is 5. The van der Waals surface area contributed by atoms with Gasteiger partial charge in [-0.2, -0.15) is 5.10 Å². The largest absolute Gasteiger partial charge is 0.476 e. The molecule has 0 radical (unpaired) electrons. The van der Waals surface area contributed by atoms with Crippen molar-refractivity contribution in [2.24, 2.45) is 0 Å². The number of benzene rings is 1. The van der Waals surface area contributed by atoms with Gasteiger partial charge in [-0.25, -0.2) is 19.4 Å². The van der Waals surface area contributed by atoms with E-state index in [1.807, 2.05) is 29.2 Å². The minimum Gasteiger partial charge on any atom is -0.476 e. The molecule has 0 unspecified atom stereocenters. The van der Waals surface area contributed by atoms with E-state index in [1.165, 1.54) is 0 Å². The highest BCUT2D eigenvalue weighted by Crippen LogP contribution is 2.28. The van der Waals surface area contributed by atoms with Crippen molar-refractivity contribution in [2.75, 3.05) is 11.4 Å². The summed E-state index contributed by atoms with van der Waals surface area (Å²) in [6, 6.07) is 9.42. The van der Waals surface area contributed by atoms with Gasteiger partial charge in [0.05, 0.1) is 17.9 Å². The Bertz CT molecular complexity index is 941. The molecule has 2 aromatic heterocycles. The van der Waals surface area contributed by atoms with Crippen LogP contribution in [0.2, 0.25) is 0 Å². The number of fused-ring (bicyclic) bond motifs is 1. The molecule has 0 saturated carbocycles. The number of rotatable bonds is 3. The predicted molar refractivity (Wildman–Crippen MR) is 95.0 cm³/mol. The van der Waals surface area contributed by atoms with Crippen LogP contribution in [0.5, 0.6) is 0 Å². The zero-order valence-electron chi connectivity index (χ0n) is 13.1. The second kappa shape index (κ2) is 6.29. The Labute approximate surface area is 152 Å². The van der Waals surface area contributed by atoms with Crippen molar-refractivity contribution >= 4 is 27.8 Å². The molecule has 1 N–H and O–H groups in total. The fourth-order valence-corrected chi connectivity index (χ4v) is 3.42. The number of halogens is 1. The summed E-state index contributed by atoms with van der Waals surface area (Å²) in [5, 5.41) is 13.9. The van der Waals surface area contributed by atoms with Crippen LogP contribution in [0, 0.1) is 0 Å². The standard InChI is InChI=1S/C17H14BrN5O2/c18-11-3-1-4-12(9-11)23-14-5-8-22(17-19-6-2-7-20-17)10-13(14)15(21-23)16(24)25/h1-4,6-7,9H,5,8,10H2,(H,24,25). The van der Waals surface area contributed by atoms with Gasteiger partial charge in [0, 0.05) is 35.4 Å². The van der Waals surface area contributed by atoms with Crippen LogP contribution in [0.4, 0.5) is 5.95 Å². The molecule has 25 heavy (non-hydrogen) atoms. The lowest BCUT2D eigenvalue weighted by Crippen LogP contribution is -2.32. The van der Waals surface area contributed by atoms with Gasteiger partial charge in [-0.3, -0.25) is 0 Å². The molecule has 3 heterocycles. The van der Waals surface area contributed by atoms with E-state index < -0.39 is 5.97 Å². The Kier molecular flexibility index (Phi) is 3.96. The van der Waals surface area contributed by atoms with E-state index in [0.29, 0.717) is 31.0 Å². The molecule has 0 bridgehead atoms. The summed E-state index contributed by atoms with van der Waals surface area (Å²) in [5.74, 6) is -0.430. The number of aromatic nitrogens is 4. The second-order valence-corrected chi connectivity index (χ2v) is 6.61. The Morgan fingerprint density at radius 3 is 2.72 bits per heavy atom. The number of anilines is 1. The molecule has 0 spiro atoms. The molecule has 1 aromatic carbocycles. The summed E-state index contributed by atoms with van der Waals surface area (Å²) in [5.41, 5.74) is 2.55. The molecule has 3 aromatic rings. The van der Waals surface area contributed by atoms with Gasteiger partial charge in [0.2, 0.25) is 5.95 Å². The molecule has 7 nitrogen and oxygen atoms in total. The van der Waals surface area contributed by atoms with Crippen LogP contribution in [0.3, 0.4) is 0 Å². The predicted octanol–water partition coefficient (Wildman–Crippen LogP) is 2.69. The second-order valence-electron chi connectivity index (χ2n) is 5.69. The average Bonchev–Trinajstić information content (AvgIpc) is 3.01. The first kappa shape index (κ1) is 15.8. The first-order valence-electron chi connectivity index (χ1n) is 7.75. The van der Waals surface area contributed by atoms with Crippen LogP contribution in [0.1, 0.15) is 21.7 Å². The Morgan fingerprint density at radius 2 is 2.00 bits per heavy atom. The molecule has 0 atom stereocenters. The highest BCUT2D eigenvalue weighted by molar-refractivity contribution is 9.10. The van der Waals surface area contributed by atoms with Gasteiger partial charge in [-0.1, -0.05) is 22.0 Å². The molecule has 4 rings (SSSR count). The first-order chi connectivity index (χ1) is 12.1. The summed E-state index contributed by atoms with van der Waals surface area (Å²) >= 11 is 3.45. The summed E-state index contributed by atoms with van der Waals surface area (Å²) in [6.07, 6.45) is 4.03. The van der Waals surface area contributed by atoms with E-state index in [0.717, 1.165) is 15.9 Å². The number of aromatic carboxylic acids is 1. The van der Waals surface area contributed by atoms with Crippen molar-refractivity contribution < 1.29 is 9.90 Å². The number of hydrogen-bond acceptors (Lipinski definition) is 5. The number of hydrogen-bond donors (Lipinski definition) is 1. The van der Waals surface area contributed by atoms with Gasteiger partial charge in [-0.15, -0.1) is 0 Å². The van der Waals surface area contributed by atoms with E-state index >= 15 is 0 Å². The van der Waals surface area contributed by atoms with Gasteiger partial charge in [-0.05, 0) is 24.3 Å². The maximum Gasteiger partial charge on any atom is 0.356 e. The van der Waals surface area contributed by atoms with E-state index in [1.54, 1.807) is 23.1 Å². The minimum atomic E-state index is -1.03. The third kappa shape index (κ3) is 2.89. The number of carbonyl (C=O) groups is 1. The smallest absolute Gasteiger partial charge is 0.356 e. The van der Waals surface area contributed by atoms with Crippen molar-refractivity contribution in [3.8, 4) is 5.69 Å². The van der Waals surface area contributed by atoms with E-state index in [2.05, 4.69) is 31.0 Å². The Balaban J connectivity index is 1.78. The van der Waals surface area contributed by atoms with Crippen LogP contribution >= 0.6 is 15.9 Å². The molecule has 1 aliphatic heterocycles. The van der Waals surface area contributed by atoms with Gasteiger partial charge in [0.1, 0.15) is 0 Å². The molecule has 0 amide bonds. The maximum atomic E-state index is 11.7. The zero-order chi connectivity index (χ0) is 17.4. The third-order valence-corrected chi connectivity index (χ3v) is 4.64. The lowest BCUT2D eigenvalue weighted by Gasteiger charge is -2.27. The third-order valence-electron chi connectivity index (χ3n) is 4.15. The van der Waals surface area contributed by atoms with Crippen molar-refractivity contribution in [2.45, 2.75) is 13.0 Å². The highest BCUT2D eigenvalue weighted by atomic mass is 79.9. The quantitative estimate of drug-likeness (QED) is 0.728. The summed E-state index contributed by atoms with van der Waals surface area (Å²) in [4.78, 5) is 22.2. The Hall–Kier alpha value is -2.74. The normalized spacial score (nSPS) is 13.6. The minimum absolute atomic E-state index is 0.0793. The van der Waals surface area contributed by atoms with Crippen molar-refractivity contribution in [3.05, 3.63) is 64.1 Å². The molecule has 1 aliphatic rings. The fraction of sp³-hybridized carbons (Fsp3) is 0.176. The van der Waals surface area contributed by atoms with E-state index in [-0.39, 0.29) is 5.69 Å². The molecule has 126 valence electrons. The van der Waals surface area contributed by atoms with Crippen LogP contribution in [0.15, 0.2) is 47.2 Å². The van der Waals surface area contributed by atoms with Crippen molar-refractivity contribution in [3.63, 3.8) is 0 Å². The SMILES string of the molecule is O=C(O)c1nn(-c2cccc(Br)c2)c2c1CN(c1ncccn1)CC2. The molecule has 0 aliphatic carbocycles. The number of carboxylic acid groups (broad SMARTS) is 1. The van der Waals surface area contributed by atoms with E-state index in [9.17, 15) is 9.90 Å². The summed E-state index contributed by atoms with van der Waals surface area (Å²) in [7, 11) is 0. The van der Waals surface area contributed by atoms with E-state index in [4.69, 9.17) is 0 Å². The molecular weight excluding hydrogens is 386 g/mol. The number of carboxylic acids is 1. The van der Waals surface area contributed by atoms with Crippen LogP contribution in [-0.4, -0.2) is 37.4 Å². The fourth-order valence-electron chi connectivity index (χ4n) is 3.04. The molecule has 8 heteroatoms. The average molecular weight is 400 g/mol. The van der Waals surface area contributed by atoms with Gasteiger partial charge >= 0.3 is 5.97 Å². The van der Waals surface area contributed by atoms with Crippen molar-refractivity contribution in [1.82, 2.24) is 19.7 Å². The monoisotopic (exact) mass is 399 g/mol.